The Labute approximate surface area is 261 Å². The standard InChI is InChI=1S/C32H32F3N3O4S2/c1-2-42-31(41)28-23-12-4-3-5-14-25(23)44-30(28)37-27(39)19-43-26-18-38(24-13-7-6-11-22(24)26)16-15-36-29(40)20-9-8-10-21(17-20)32(33,34)35/h6-11,13,17-18H,2-5,12,14-16,19H2,1H3,(H,36,40)(H,37,39). The lowest BCUT2D eigenvalue weighted by Crippen LogP contribution is -2.27. The molecule has 0 saturated heterocycles. The number of nitrogens with one attached hydrogen (secondary N) is 2. The first-order valence-electron chi connectivity index (χ1n) is 14.4. The molecule has 4 aromatic rings. The predicted molar refractivity (Wildman–Crippen MR) is 167 cm³/mol. The number of carbonyl (C=O) groups excluding carboxylic acids is 3. The van der Waals surface area contributed by atoms with Crippen molar-refractivity contribution in [3.8, 4) is 0 Å². The Bertz CT molecular complexity index is 1680. The molecule has 0 unspecified atom stereocenters. The van der Waals surface area contributed by atoms with E-state index in [2.05, 4.69) is 10.6 Å². The molecule has 2 N–H and O–H groups in total. The Morgan fingerprint density at radius 2 is 1.84 bits per heavy atom. The lowest BCUT2D eigenvalue weighted by atomic mass is 10.1. The van der Waals surface area contributed by atoms with Crippen molar-refractivity contribution in [1.29, 1.82) is 0 Å². The molecular weight excluding hydrogens is 611 g/mol. The minimum atomic E-state index is -4.53. The van der Waals surface area contributed by atoms with Gasteiger partial charge in [-0.1, -0.05) is 30.7 Å². The maximum Gasteiger partial charge on any atom is 0.416 e. The van der Waals surface area contributed by atoms with E-state index in [1.165, 1.54) is 35.2 Å². The second kappa shape index (κ2) is 13.9. The maximum absolute atomic E-state index is 13.1. The van der Waals surface area contributed by atoms with Crippen molar-refractivity contribution in [2.45, 2.75) is 56.6 Å². The average Bonchev–Trinajstić information content (AvgIpc) is 3.43. The van der Waals surface area contributed by atoms with Gasteiger partial charge < -0.3 is 19.9 Å². The zero-order valence-electron chi connectivity index (χ0n) is 24.1. The van der Waals surface area contributed by atoms with E-state index < -0.39 is 23.6 Å². The molecule has 2 amide bonds. The van der Waals surface area contributed by atoms with Crippen LogP contribution in [0.15, 0.2) is 59.6 Å². The number of benzene rings is 2. The van der Waals surface area contributed by atoms with Crippen molar-refractivity contribution in [3.05, 3.63) is 81.9 Å². The number of carbonyl (C=O) groups is 3. The lowest BCUT2D eigenvalue weighted by molar-refractivity contribution is -0.137. The number of alkyl halides is 3. The topological polar surface area (TPSA) is 89.4 Å². The molecule has 2 heterocycles. The highest BCUT2D eigenvalue weighted by Gasteiger charge is 2.31. The van der Waals surface area contributed by atoms with E-state index in [1.54, 1.807) is 6.92 Å². The molecule has 1 aliphatic carbocycles. The van der Waals surface area contributed by atoms with Crippen LogP contribution in [0.1, 0.15) is 62.9 Å². The van der Waals surface area contributed by atoms with E-state index in [-0.39, 0.29) is 30.4 Å². The summed E-state index contributed by atoms with van der Waals surface area (Å²) in [5, 5.41) is 7.13. The van der Waals surface area contributed by atoms with E-state index in [0.717, 1.165) is 70.5 Å². The van der Waals surface area contributed by atoms with Gasteiger partial charge in [-0.05, 0) is 62.4 Å². The number of anilines is 1. The zero-order valence-corrected chi connectivity index (χ0v) is 25.7. The molecule has 5 rings (SSSR count). The van der Waals surface area contributed by atoms with Crippen LogP contribution in [0.25, 0.3) is 10.9 Å². The number of aromatic nitrogens is 1. The highest BCUT2D eigenvalue weighted by molar-refractivity contribution is 8.00. The van der Waals surface area contributed by atoms with Gasteiger partial charge in [-0.15, -0.1) is 23.1 Å². The highest BCUT2D eigenvalue weighted by Crippen LogP contribution is 2.38. The number of halogens is 3. The zero-order chi connectivity index (χ0) is 31.3. The largest absolute Gasteiger partial charge is 0.462 e. The number of para-hydroxylation sites is 1. The second-order valence-electron chi connectivity index (χ2n) is 10.4. The number of fused-ring (bicyclic) bond motifs is 2. The molecular formula is C32H32F3N3O4S2. The summed E-state index contributed by atoms with van der Waals surface area (Å²) in [7, 11) is 0. The van der Waals surface area contributed by atoms with E-state index in [1.807, 2.05) is 35.0 Å². The molecule has 0 spiro atoms. The Morgan fingerprint density at radius 3 is 2.64 bits per heavy atom. The van der Waals surface area contributed by atoms with Crippen molar-refractivity contribution in [3.63, 3.8) is 0 Å². The summed E-state index contributed by atoms with van der Waals surface area (Å²) < 4.78 is 46.4. The van der Waals surface area contributed by atoms with Gasteiger partial charge in [0.25, 0.3) is 5.91 Å². The molecule has 2 aromatic heterocycles. The van der Waals surface area contributed by atoms with Crippen molar-refractivity contribution in [2.75, 3.05) is 24.2 Å². The summed E-state index contributed by atoms with van der Waals surface area (Å²) in [6, 6.07) is 12.0. The number of esters is 1. The molecule has 0 saturated carbocycles. The molecule has 44 heavy (non-hydrogen) atoms. The number of hydrogen-bond donors (Lipinski definition) is 2. The maximum atomic E-state index is 13.1. The number of aryl methyl sites for hydroxylation is 1. The normalized spacial score (nSPS) is 13.3. The quantitative estimate of drug-likeness (QED) is 0.107. The molecule has 0 fully saturated rings. The highest BCUT2D eigenvalue weighted by atomic mass is 32.2. The van der Waals surface area contributed by atoms with Gasteiger partial charge in [0.1, 0.15) is 5.00 Å². The van der Waals surface area contributed by atoms with E-state index in [9.17, 15) is 27.6 Å². The summed E-state index contributed by atoms with van der Waals surface area (Å²) in [6.07, 6.45) is 2.21. The number of rotatable bonds is 10. The van der Waals surface area contributed by atoms with E-state index >= 15 is 0 Å². The van der Waals surface area contributed by atoms with E-state index in [0.29, 0.717) is 17.1 Å². The minimum Gasteiger partial charge on any atom is -0.462 e. The van der Waals surface area contributed by atoms with Crippen LogP contribution in [0.3, 0.4) is 0 Å². The van der Waals surface area contributed by atoms with Gasteiger partial charge >= 0.3 is 12.1 Å². The fourth-order valence-electron chi connectivity index (χ4n) is 5.30. The van der Waals surface area contributed by atoms with Crippen molar-refractivity contribution >= 4 is 56.8 Å². The van der Waals surface area contributed by atoms with E-state index in [4.69, 9.17) is 4.74 Å². The van der Waals surface area contributed by atoms with Crippen LogP contribution in [0.5, 0.6) is 0 Å². The SMILES string of the molecule is CCOC(=O)c1c(NC(=O)CSc2cn(CCNC(=O)c3cccc(C(F)(F)F)c3)c3ccccc23)sc2c1CCCCC2. The first-order chi connectivity index (χ1) is 21.2. The fraction of sp³-hybridized carbons (Fsp3) is 0.344. The third kappa shape index (κ3) is 7.29. The first kappa shape index (κ1) is 31.6. The summed E-state index contributed by atoms with van der Waals surface area (Å²) in [6.45, 7) is 2.59. The summed E-state index contributed by atoms with van der Waals surface area (Å²) >= 11 is 2.82. The summed E-state index contributed by atoms with van der Waals surface area (Å²) in [5.41, 5.74) is 1.44. The van der Waals surface area contributed by atoms with Gasteiger partial charge in [0.05, 0.1) is 23.5 Å². The van der Waals surface area contributed by atoms with Crippen molar-refractivity contribution < 1.29 is 32.3 Å². The first-order valence-corrected chi connectivity index (χ1v) is 16.2. The van der Waals surface area contributed by atoms with Crippen molar-refractivity contribution in [2.24, 2.45) is 0 Å². The molecule has 1 aliphatic rings. The number of nitrogens with zero attached hydrogens (tertiary/aromatic N) is 1. The number of hydrogen-bond acceptors (Lipinski definition) is 6. The van der Waals surface area contributed by atoms with Crippen LogP contribution in [0.4, 0.5) is 18.2 Å². The molecule has 232 valence electrons. The van der Waals surface area contributed by atoms with Crippen LogP contribution < -0.4 is 10.6 Å². The van der Waals surface area contributed by atoms with Gasteiger partial charge in [-0.2, -0.15) is 13.2 Å². The number of amides is 2. The summed E-state index contributed by atoms with van der Waals surface area (Å²) in [5.74, 6) is -1.11. The molecule has 0 bridgehead atoms. The molecule has 0 atom stereocenters. The molecule has 7 nitrogen and oxygen atoms in total. The van der Waals surface area contributed by atoms with Gasteiger partial charge in [0.2, 0.25) is 5.91 Å². The molecule has 2 aromatic carbocycles. The Morgan fingerprint density at radius 1 is 1.05 bits per heavy atom. The van der Waals surface area contributed by atoms with Gasteiger partial charge in [0.15, 0.2) is 0 Å². The number of ether oxygens (including phenoxy) is 1. The van der Waals surface area contributed by atoms with Crippen LogP contribution in [-0.4, -0.2) is 41.3 Å². The number of thiophene rings is 1. The van der Waals surface area contributed by atoms with Crippen LogP contribution >= 0.6 is 23.1 Å². The van der Waals surface area contributed by atoms with Gasteiger partial charge in [0, 0.05) is 45.5 Å². The van der Waals surface area contributed by atoms with Crippen LogP contribution in [0, 0.1) is 0 Å². The minimum absolute atomic E-state index is 0.0623. The monoisotopic (exact) mass is 643 g/mol. The number of thioether (sulfide) groups is 1. The predicted octanol–water partition coefficient (Wildman–Crippen LogP) is 7.33. The third-order valence-corrected chi connectivity index (χ3v) is 9.61. The van der Waals surface area contributed by atoms with Crippen LogP contribution in [0.2, 0.25) is 0 Å². The summed E-state index contributed by atoms with van der Waals surface area (Å²) in [4.78, 5) is 40.5. The molecule has 0 aliphatic heterocycles. The fourth-order valence-corrected chi connectivity index (χ4v) is 7.48. The molecule has 0 radical (unpaired) electrons. The Balaban J connectivity index is 1.24. The third-order valence-electron chi connectivity index (χ3n) is 7.35. The lowest BCUT2D eigenvalue weighted by Gasteiger charge is -2.10. The van der Waals surface area contributed by atoms with Gasteiger partial charge in [-0.25, -0.2) is 4.79 Å². The average molecular weight is 644 g/mol. The van der Waals surface area contributed by atoms with Crippen molar-refractivity contribution in [1.82, 2.24) is 9.88 Å². The van der Waals surface area contributed by atoms with Crippen LogP contribution in [-0.2, 0) is 35.1 Å². The second-order valence-corrected chi connectivity index (χ2v) is 12.5. The van der Waals surface area contributed by atoms with Gasteiger partial charge in [-0.3, -0.25) is 9.59 Å². The molecule has 12 heteroatoms. The Hall–Kier alpha value is -3.77. The Kier molecular flexibility index (Phi) is 10.00. The smallest absolute Gasteiger partial charge is 0.416 e.